The van der Waals surface area contributed by atoms with Gasteiger partial charge in [0.15, 0.2) is 0 Å². The van der Waals surface area contributed by atoms with Crippen LogP contribution in [0.15, 0.2) is 30.3 Å². The average Bonchev–Trinajstić information content (AvgIpc) is 2.52. The van der Waals surface area contributed by atoms with Crippen LogP contribution < -0.4 is 5.32 Å². The summed E-state index contributed by atoms with van der Waals surface area (Å²) in [6.07, 6.45) is 0. The zero-order valence-corrected chi connectivity index (χ0v) is 13.5. The summed E-state index contributed by atoms with van der Waals surface area (Å²) in [6.45, 7) is 8.05. The Balaban J connectivity index is 2.10. The summed E-state index contributed by atoms with van der Waals surface area (Å²) in [6, 6.07) is 9.52. The lowest BCUT2D eigenvalue weighted by Crippen LogP contribution is -2.49. The molecular formula is C17H24N2O3. The molecule has 1 fully saturated rings. The summed E-state index contributed by atoms with van der Waals surface area (Å²) < 4.78 is 5.21. The van der Waals surface area contributed by atoms with Crippen molar-refractivity contribution in [2.24, 2.45) is 5.41 Å². The number of rotatable bonds is 2. The van der Waals surface area contributed by atoms with E-state index in [1.165, 1.54) is 0 Å². The molecule has 22 heavy (non-hydrogen) atoms. The van der Waals surface area contributed by atoms with Crippen LogP contribution in [0, 0.1) is 5.41 Å². The van der Waals surface area contributed by atoms with Gasteiger partial charge in [-0.25, -0.2) is 0 Å². The summed E-state index contributed by atoms with van der Waals surface area (Å²) in [4.78, 5) is 26.1. The van der Waals surface area contributed by atoms with Gasteiger partial charge in [-0.15, -0.1) is 0 Å². The molecule has 1 aliphatic rings. The Morgan fingerprint density at radius 2 is 1.73 bits per heavy atom. The van der Waals surface area contributed by atoms with E-state index in [1.54, 1.807) is 4.90 Å². The number of nitrogens with one attached hydrogen (secondary N) is 1. The first-order chi connectivity index (χ1) is 10.4. The number of benzene rings is 1. The molecule has 0 spiro atoms. The van der Waals surface area contributed by atoms with Crippen LogP contribution in [-0.4, -0.2) is 43.0 Å². The molecule has 120 valence electrons. The summed E-state index contributed by atoms with van der Waals surface area (Å²) in [5.74, 6) is -1.03. The van der Waals surface area contributed by atoms with Crippen molar-refractivity contribution in [2.75, 3.05) is 26.3 Å². The van der Waals surface area contributed by atoms with Crippen LogP contribution >= 0.6 is 0 Å². The lowest BCUT2D eigenvalue weighted by Gasteiger charge is -2.33. The van der Waals surface area contributed by atoms with Crippen molar-refractivity contribution < 1.29 is 14.3 Å². The van der Waals surface area contributed by atoms with E-state index < -0.39 is 11.8 Å². The van der Waals surface area contributed by atoms with Gasteiger partial charge in [0.25, 0.3) is 0 Å². The number of carbonyl (C=O) groups is 2. The Morgan fingerprint density at radius 3 is 2.27 bits per heavy atom. The third kappa shape index (κ3) is 4.07. The van der Waals surface area contributed by atoms with Gasteiger partial charge in [0, 0.05) is 13.1 Å². The van der Waals surface area contributed by atoms with Crippen molar-refractivity contribution in [1.82, 2.24) is 10.2 Å². The molecule has 0 aromatic heterocycles. The number of nitrogens with zero attached hydrogens (tertiary/aromatic N) is 1. The molecule has 5 heteroatoms. The highest BCUT2D eigenvalue weighted by atomic mass is 16.5. The molecule has 1 unspecified atom stereocenters. The predicted molar refractivity (Wildman–Crippen MR) is 84.2 cm³/mol. The van der Waals surface area contributed by atoms with Gasteiger partial charge in [0.2, 0.25) is 0 Å². The van der Waals surface area contributed by atoms with E-state index in [4.69, 9.17) is 4.74 Å². The highest BCUT2D eigenvalue weighted by Gasteiger charge is 2.31. The molecule has 5 nitrogen and oxygen atoms in total. The molecule has 1 atom stereocenters. The Bertz CT molecular complexity index is 516. The van der Waals surface area contributed by atoms with Crippen LogP contribution in [0.1, 0.15) is 32.4 Å². The normalized spacial score (nSPS) is 17.0. The largest absolute Gasteiger partial charge is 0.378 e. The Morgan fingerprint density at radius 1 is 1.14 bits per heavy atom. The van der Waals surface area contributed by atoms with Crippen molar-refractivity contribution in [3.63, 3.8) is 0 Å². The summed E-state index contributed by atoms with van der Waals surface area (Å²) in [5, 5.41) is 2.90. The number of morpholine rings is 1. The summed E-state index contributed by atoms with van der Waals surface area (Å²) in [5.41, 5.74) is 0.806. The molecule has 0 bridgehead atoms. The molecular weight excluding hydrogens is 280 g/mol. The van der Waals surface area contributed by atoms with Crippen molar-refractivity contribution in [1.29, 1.82) is 0 Å². The van der Waals surface area contributed by atoms with E-state index in [0.717, 1.165) is 5.56 Å². The first-order valence-electron chi connectivity index (χ1n) is 7.62. The maximum absolute atomic E-state index is 12.3. The van der Waals surface area contributed by atoms with Crippen molar-refractivity contribution in [3.05, 3.63) is 35.9 Å². The molecule has 0 saturated carbocycles. The smallest absolute Gasteiger partial charge is 0.312 e. The highest BCUT2D eigenvalue weighted by molar-refractivity contribution is 6.35. The second-order valence-corrected chi connectivity index (χ2v) is 6.59. The number of carbonyl (C=O) groups excluding carboxylic acids is 2. The summed E-state index contributed by atoms with van der Waals surface area (Å²) >= 11 is 0. The van der Waals surface area contributed by atoms with Crippen molar-refractivity contribution in [2.45, 2.75) is 26.8 Å². The Labute approximate surface area is 131 Å². The monoisotopic (exact) mass is 304 g/mol. The fourth-order valence-electron chi connectivity index (χ4n) is 2.55. The number of ether oxygens (including phenoxy) is 1. The SMILES string of the molecule is CC(C)(C)C(NC(=O)C(=O)N1CCOCC1)c1ccccc1. The summed E-state index contributed by atoms with van der Waals surface area (Å²) in [7, 11) is 0. The van der Waals surface area contributed by atoms with E-state index in [0.29, 0.717) is 26.3 Å². The minimum atomic E-state index is -0.550. The van der Waals surface area contributed by atoms with Gasteiger partial charge in [-0.1, -0.05) is 51.1 Å². The van der Waals surface area contributed by atoms with Crippen LogP contribution in [0.5, 0.6) is 0 Å². The topological polar surface area (TPSA) is 58.6 Å². The molecule has 1 saturated heterocycles. The highest BCUT2D eigenvalue weighted by Crippen LogP contribution is 2.32. The Kier molecular flexibility index (Phi) is 5.19. The lowest BCUT2D eigenvalue weighted by molar-refractivity contribution is -0.149. The molecule has 1 aromatic carbocycles. The van der Waals surface area contributed by atoms with Gasteiger partial charge >= 0.3 is 11.8 Å². The van der Waals surface area contributed by atoms with Crippen LogP contribution in [0.3, 0.4) is 0 Å². The second kappa shape index (κ2) is 6.92. The van der Waals surface area contributed by atoms with Crippen molar-refractivity contribution >= 4 is 11.8 Å². The van der Waals surface area contributed by atoms with E-state index in [2.05, 4.69) is 5.32 Å². The van der Waals surface area contributed by atoms with Crippen molar-refractivity contribution in [3.8, 4) is 0 Å². The minimum absolute atomic E-state index is 0.192. The lowest BCUT2D eigenvalue weighted by atomic mass is 9.82. The number of hydrogen-bond donors (Lipinski definition) is 1. The number of amides is 2. The molecule has 2 amide bonds. The first-order valence-corrected chi connectivity index (χ1v) is 7.62. The van der Waals surface area contributed by atoms with E-state index >= 15 is 0 Å². The van der Waals surface area contributed by atoms with Gasteiger partial charge < -0.3 is 15.0 Å². The first kappa shape index (κ1) is 16.5. The molecule has 1 heterocycles. The maximum Gasteiger partial charge on any atom is 0.312 e. The van der Waals surface area contributed by atoms with Crippen LogP contribution in [-0.2, 0) is 14.3 Å². The second-order valence-electron chi connectivity index (χ2n) is 6.59. The van der Waals surface area contributed by atoms with Gasteiger partial charge in [0.1, 0.15) is 0 Å². The van der Waals surface area contributed by atoms with Gasteiger partial charge in [-0.05, 0) is 11.0 Å². The zero-order valence-electron chi connectivity index (χ0n) is 13.5. The predicted octanol–water partition coefficient (Wildman–Crippen LogP) is 1.75. The van der Waals surface area contributed by atoms with E-state index in [1.807, 2.05) is 51.1 Å². The fraction of sp³-hybridized carbons (Fsp3) is 0.529. The van der Waals surface area contributed by atoms with Crippen LogP contribution in [0.25, 0.3) is 0 Å². The van der Waals surface area contributed by atoms with E-state index in [9.17, 15) is 9.59 Å². The maximum atomic E-state index is 12.3. The van der Waals surface area contributed by atoms with Gasteiger partial charge in [-0.3, -0.25) is 9.59 Å². The molecule has 1 aromatic rings. The third-order valence-electron chi connectivity index (χ3n) is 3.77. The molecule has 0 radical (unpaired) electrons. The molecule has 1 aliphatic heterocycles. The molecule has 0 aliphatic carbocycles. The average molecular weight is 304 g/mol. The number of hydrogen-bond acceptors (Lipinski definition) is 3. The van der Waals surface area contributed by atoms with Crippen LogP contribution in [0.4, 0.5) is 0 Å². The quantitative estimate of drug-likeness (QED) is 0.847. The zero-order chi connectivity index (χ0) is 16.2. The van der Waals surface area contributed by atoms with Crippen LogP contribution in [0.2, 0.25) is 0 Å². The third-order valence-corrected chi connectivity index (χ3v) is 3.77. The van der Waals surface area contributed by atoms with Gasteiger partial charge in [-0.2, -0.15) is 0 Å². The Hall–Kier alpha value is -1.88. The standard InChI is InChI=1S/C17H24N2O3/c1-17(2,3)14(13-7-5-4-6-8-13)18-15(20)16(21)19-9-11-22-12-10-19/h4-8,14H,9-12H2,1-3H3,(H,18,20). The molecule has 1 N–H and O–H groups in total. The van der Waals surface area contributed by atoms with E-state index in [-0.39, 0.29) is 11.5 Å². The minimum Gasteiger partial charge on any atom is -0.378 e. The molecule has 2 rings (SSSR count). The van der Waals surface area contributed by atoms with Gasteiger partial charge in [0.05, 0.1) is 19.3 Å². The fourth-order valence-corrected chi connectivity index (χ4v) is 2.55.